The molecule has 0 aliphatic rings. The molecule has 0 saturated carbocycles. The second-order valence-corrected chi connectivity index (χ2v) is 4.41. The summed E-state index contributed by atoms with van der Waals surface area (Å²) in [5.41, 5.74) is 0.601. The average Bonchev–Trinajstić information content (AvgIpc) is 2.58. The van der Waals surface area contributed by atoms with Crippen LogP contribution in [0.25, 0.3) is 0 Å². The number of Topliss-reactive ketones (excluding diaryl/α,β-unsaturated/α-hetero) is 1. The maximum Gasteiger partial charge on any atom is 0.216 e. The van der Waals surface area contributed by atoms with Gasteiger partial charge in [0.2, 0.25) is 4.77 Å². The number of hydrogen-bond donors (Lipinski definition) is 1. The van der Waals surface area contributed by atoms with E-state index in [0.717, 1.165) is 0 Å². The summed E-state index contributed by atoms with van der Waals surface area (Å²) in [5, 5.41) is 3.52. The molecule has 0 aliphatic heterocycles. The first-order chi connectivity index (χ1) is 8.06. The first-order valence-electron chi connectivity index (χ1n) is 4.98. The summed E-state index contributed by atoms with van der Waals surface area (Å²) in [6, 6.07) is 6.76. The zero-order chi connectivity index (χ0) is 12.4. The van der Waals surface area contributed by atoms with Crippen molar-refractivity contribution in [3.05, 3.63) is 45.4 Å². The van der Waals surface area contributed by atoms with Crippen molar-refractivity contribution in [1.29, 1.82) is 0 Å². The molecule has 4 nitrogen and oxygen atoms in total. The predicted molar refractivity (Wildman–Crippen MR) is 67.9 cm³/mol. The molecule has 0 aliphatic carbocycles. The molecule has 0 amide bonds. The van der Waals surface area contributed by atoms with Crippen LogP contribution in [0.3, 0.4) is 0 Å². The van der Waals surface area contributed by atoms with Crippen LogP contribution in [0.2, 0.25) is 5.02 Å². The third kappa shape index (κ3) is 2.81. The monoisotopic (exact) mass is 267 g/mol. The lowest BCUT2D eigenvalue weighted by molar-refractivity contribution is 0.0967. The minimum absolute atomic E-state index is 0.0404. The molecule has 0 fully saturated rings. The topological polar surface area (TPSA) is 50.7 Å². The van der Waals surface area contributed by atoms with Gasteiger partial charge in [-0.05, 0) is 43.4 Å². The van der Waals surface area contributed by atoms with Gasteiger partial charge in [-0.3, -0.25) is 14.6 Å². The van der Waals surface area contributed by atoms with Crippen molar-refractivity contribution >= 4 is 29.6 Å². The van der Waals surface area contributed by atoms with Gasteiger partial charge in [-0.15, -0.1) is 0 Å². The Hall–Kier alpha value is -1.46. The Bertz CT molecular complexity index is 600. The van der Waals surface area contributed by atoms with E-state index in [1.54, 1.807) is 35.9 Å². The van der Waals surface area contributed by atoms with Gasteiger partial charge in [0.25, 0.3) is 0 Å². The van der Waals surface area contributed by atoms with Crippen molar-refractivity contribution in [3.8, 4) is 0 Å². The molecule has 1 aromatic carbocycles. The number of ketones is 1. The molecule has 0 spiro atoms. The molecule has 0 unspecified atom stereocenters. The van der Waals surface area contributed by atoms with E-state index in [1.165, 1.54) is 0 Å². The van der Waals surface area contributed by atoms with Crippen LogP contribution in [0.5, 0.6) is 0 Å². The van der Waals surface area contributed by atoms with E-state index in [0.29, 0.717) is 21.2 Å². The van der Waals surface area contributed by atoms with Crippen LogP contribution in [0.15, 0.2) is 24.3 Å². The molecule has 2 rings (SSSR count). The molecule has 0 saturated heterocycles. The van der Waals surface area contributed by atoms with Gasteiger partial charge >= 0.3 is 0 Å². The second kappa shape index (κ2) is 4.81. The molecule has 1 heterocycles. The fraction of sp³-hybridized carbons (Fsp3) is 0.182. The van der Waals surface area contributed by atoms with Crippen molar-refractivity contribution < 1.29 is 4.79 Å². The first-order valence-corrected chi connectivity index (χ1v) is 5.77. The summed E-state index contributed by atoms with van der Waals surface area (Å²) >= 11 is 10.8. The van der Waals surface area contributed by atoms with Crippen molar-refractivity contribution in [3.63, 3.8) is 0 Å². The van der Waals surface area contributed by atoms with Gasteiger partial charge in [-0.2, -0.15) is 0 Å². The SMILES string of the molecule is Cc1nc(=S)n(CC(=O)c2ccc(Cl)cc2)[nH]1. The Balaban J connectivity index is 2.20. The molecule has 0 radical (unpaired) electrons. The quantitative estimate of drug-likeness (QED) is 0.687. The van der Waals surface area contributed by atoms with Crippen LogP contribution in [0, 0.1) is 11.7 Å². The van der Waals surface area contributed by atoms with Crippen molar-refractivity contribution in [2.45, 2.75) is 13.5 Å². The summed E-state index contributed by atoms with van der Waals surface area (Å²) in [4.78, 5) is 15.9. The van der Waals surface area contributed by atoms with Gasteiger partial charge in [0, 0.05) is 10.6 Å². The van der Waals surface area contributed by atoms with Gasteiger partial charge in [-0.1, -0.05) is 11.6 Å². The summed E-state index contributed by atoms with van der Waals surface area (Å²) in [7, 11) is 0. The van der Waals surface area contributed by atoms with Gasteiger partial charge in [0.1, 0.15) is 12.4 Å². The normalized spacial score (nSPS) is 10.5. The molecule has 0 atom stereocenters. The maximum atomic E-state index is 11.9. The van der Waals surface area contributed by atoms with E-state index in [4.69, 9.17) is 23.8 Å². The highest BCUT2D eigenvalue weighted by molar-refractivity contribution is 7.71. The average molecular weight is 268 g/mol. The van der Waals surface area contributed by atoms with Crippen LogP contribution >= 0.6 is 23.8 Å². The Morgan fingerprint density at radius 1 is 1.47 bits per heavy atom. The van der Waals surface area contributed by atoms with Crippen LogP contribution in [-0.2, 0) is 6.54 Å². The minimum Gasteiger partial charge on any atom is -0.292 e. The fourth-order valence-corrected chi connectivity index (χ4v) is 1.82. The molecule has 88 valence electrons. The third-order valence-corrected chi connectivity index (χ3v) is 2.82. The molecule has 0 bridgehead atoms. The largest absolute Gasteiger partial charge is 0.292 e. The minimum atomic E-state index is -0.0404. The number of carbonyl (C=O) groups excluding carboxylic acids is 1. The smallest absolute Gasteiger partial charge is 0.216 e. The van der Waals surface area contributed by atoms with E-state index in [1.807, 2.05) is 0 Å². The van der Waals surface area contributed by atoms with E-state index in [-0.39, 0.29) is 12.3 Å². The maximum absolute atomic E-state index is 11.9. The number of aryl methyl sites for hydroxylation is 1. The fourth-order valence-electron chi connectivity index (χ4n) is 1.45. The number of nitrogens with one attached hydrogen (secondary N) is 1. The van der Waals surface area contributed by atoms with Gasteiger partial charge in [0.15, 0.2) is 5.78 Å². The first kappa shape index (κ1) is 12.0. The number of rotatable bonds is 3. The number of benzene rings is 1. The highest BCUT2D eigenvalue weighted by Crippen LogP contribution is 2.10. The molecule has 6 heteroatoms. The number of hydrogen-bond acceptors (Lipinski definition) is 3. The third-order valence-electron chi connectivity index (χ3n) is 2.26. The zero-order valence-electron chi connectivity index (χ0n) is 9.11. The lowest BCUT2D eigenvalue weighted by Gasteiger charge is -2.02. The summed E-state index contributed by atoms with van der Waals surface area (Å²) in [6.07, 6.45) is 0. The Morgan fingerprint density at radius 3 is 2.65 bits per heavy atom. The molecule has 1 aromatic heterocycles. The Morgan fingerprint density at radius 2 is 2.12 bits per heavy atom. The molecule has 2 aromatic rings. The number of halogens is 1. The van der Waals surface area contributed by atoms with Crippen molar-refractivity contribution in [2.24, 2.45) is 0 Å². The van der Waals surface area contributed by atoms with Crippen molar-refractivity contribution in [2.75, 3.05) is 0 Å². The van der Waals surface area contributed by atoms with Gasteiger partial charge in [0.05, 0.1) is 0 Å². The number of H-pyrrole nitrogens is 1. The van der Waals surface area contributed by atoms with Crippen LogP contribution in [0.1, 0.15) is 16.2 Å². The van der Waals surface area contributed by atoms with E-state index >= 15 is 0 Å². The lowest BCUT2D eigenvalue weighted by Crippen LogP contribution is -2.11. The number of aromatic amines is 1. The summed E-state index contributed by atoms with van der Waals surface area (Å²) < 4.78 is 1.92. The molecule has 17 heavy (non-hydrogen) atoms. The highest BCUT2D eigenvalue weighted by atomic mass is 35.5. The second-order valence-electron chi connectivity index (χ2n) is 3.61. The number of aromatic nitrogens is 3. The highest BCUT2D eigenvalue weighted by Gasteiger charge is 2.08. The van der Waals surface area contributed by atoms with E-state index in [9.17, 15) is 4.79 Å². The standard InChI is InChI=1S/C11H10ClN3OS/c1-7-13-11(17)15(14-7)6-10(16)8-2-4-9(12)5-3-8/h2-5H,6H2,1H3,(H,13,14,17). The Kier molecular flexibility index (Phi) is 3.40. The predicted octanol–water partition coefficient (Wildman–Crippen LogP) is 2.79. The van der Waals surface area contributed by atoms with Crippen molar-refractivity contribution in [1.82, 2.24) is 14.8 Å². The van der Waals surface area contributed by atoms with Gasteiger partial charge < -0.3 is 0 Å². The Labute approximate surface area is 108 Å². The number of carbonyl (C=O) groups is 1. The van der Waals surface area contributed by atoms with Crippen LogP contribution in [0.4, 0.5) is 0 Å². The summed E-state index contributed by atoms with van der Waals surface area (Å²) in [5.74, 6) is 0.653. The summed E-state index contributed by atoms with van der Waals surface area (Å²) in [6.45, 7) is 1.94. The van der Waals surface area contributed by atoms with E-state index < -0.39 is 0 Å². The zero-order valence-corrected chi connectivity index (χ0v) is 10.7. The molecule has 1 N–H and O–H groups in total. The number of nitrogens with zero attached hydrogens (tertiary/aromatic N) is 2. The van der Waals surface area contributed by atoms with Gasteiger partial charge in [-0.25, -0.2) is 4.98 Å². The van der Waals surface area contributed by atoms with Crippen LogP contribution < -0.4 is 0 Å². The van der Waals surface area contributed by atoms with E-state index in [2.05, 4.69) is 10.1 Å². The molecular formula is C11H10ClN3OS. The van der Waals surface area contributed by atoms with Crippen LogP contribution in [-0.4, -0.2) is 20.5 Å². The molecular weight excluding hydrogens is 258 g/mol. The lowest BCUT2D eigenvalue weighted by atomic mass is 10.1.